The molecule has 1 saturated heterocycles. The predicted octanol–water partition coefficient (Wildman–Crippen LogP) is 1.46. The zero-order chi connectivity index (χ0) is 14.7. The minimum absolute atomic E-state index is 0.114. The number of hydrogen-bond donors (Lipinski definition) is 2. The zero-order valence-electron chi connectivity index (χ0n) is 11.7. The minimum atomic E-state index is -0.491. The molecule has 0 aliphatic carbocycles. The van der Waals surface area contributed by atoms with Gasteiger partial charge in [-0.15, -0.1) is 0 Å². The van der Waals surface area contributed by atoms with E-state index in [1.54, 1.807) is 6.92 Å². The number of hydrogen-bond acceptors (Lipinski definition) is 4. The quantitative estimate of drug-likeness (QED) is 0.823. The number of benzene rings is 1. The van der Waals surface area contributed by atoms with Crippen molar-refractivity contribution in [1.29, 1.82) is 0 Å². The maximum absolute atomic E-state index is 13.6. The van der Waals surface area contributed by atoms with Crippen LogP contribution < -0.4 is 11.1 Å². The lowest BCUT2D eigenvalue weighted by Gasteiger charge is -2.36. The third-order valence-electron chi connectivity index (χ3n) is 3.54. The normalized spacial score (nSPS) is 21.4. The van der Waals surface area contributed by atoms with E-state index in [0.29, 0.717) is 25.4 Å². The van der Waals surface area contributed by atoms with Gasteiger partial charge >= 0.3 is 0 Å². The summed E-state index contributed by atoms with van der Waals surface area (Å²) in [5, 5.41) is 2.59. The molecule has 2 atom stereocenters. The van der Waals surface area contributed by atoms with Crippen molar-refractivity contribution in [3.63, 3.8) is 0 Å². The van der Waals surface area contributed by atoms with Gasteiger partial charge in [0.2, 0.25) is 5.91 Å². The lowest BCUT2D eigenvalue weighted by molar-refractivity contribution is -0.124. The number of morpholine rings is 1. The summed E-state index contributed by atoms with van der Waals surface area (Å²) in [6.07, 6.45) is 0. The number of ether oxygens (including phenoxy) is 1. The molecular formula is C14H20FN3O2. The molecule has 1 aromatic carbocycles. The third-order valence-corrected chi connectivity index (χ3v) is 3.54. The first-order chi connectivity index (χ1) is 9.49. The van der Waals surface area contributed by atoms with Gasteiger partial charge < -0.3 is 15.8 Å². The van der Waals surface area contributed by atoms with Crippen molar-refractivity contribution in [3.05, 3.63) is 24.0 Å². The first kappa shape index (κ1) is 14.7. The van der Waals surface area contributed by atoms with Crippen LogP contribution >= 0.6 is 0 Å². The molecule has 0 saturated carbocycles. The lowest BCUT2D eigenvalue weighted by Crippen LogP contribution is -2.52. The Bertz CT molecular complexity index is 495. The maximum Gasteiger partial charge on any atom is 0.241 e. The summed E-state index contributed by atoms with van der Waals surface area (Å²) in [7, 11) is 0. The molecule has 1 amide bonds. The van der Waals surface area contributed by atoms with Gasteiger partial charge in [-0.05, 0) is 32.0 Å². The van der Waals surface area contributed by atoms with Crippen LogP contribution in [0.3, 0.4) is 0 Å². The maximum atomic E-state index is 13.6. The molecule has 0 spiro atoms. The van der Waals surface area contributed by atoms with Crippen molar-refractivity contribution in [2.75, 3.05) is 30.8 Å². The number of nitrogen functional groups attached to an aromatic ring is 1. The van der Waals surface area contributed by atoms with Crippen LogP contribution in [-0.4, -0.2) is 42.6 Å². The highest BCUT2D eigenvalue weighted by Gasteiger charge is 2.28. The Morgan fingerprint density at radius 1 is 1.60 bits per heavy atom. The van der Waals surface area contributed by atoms with Crippen LogP contribution in [0.2, 0.25) is 0 Å². The molecule has 1 fully saturated rings. The highest BCUT2D eigenvalue weighted by Crippen LogP contribution is 2.19. The van der Waals surface area contributed by atoms with Crippen LogP contribution in [0.15, 0.2) is 18.2 Å². The minimum Gasteiger partial charge on any atom is -0.399 e. The molecule has 2 rings (SSSR count). The molecule has 6 heteroatoms. The fourth-order valence-corrected chi connectivity index (χ4v) is 2.34. The van der Waals surface area contributed by atoms with E-state index >= 15 is 0 Å². The van der Waals surface area contributed by atoms with E-state index in [1.807, 2.05) is 11.8 Å². The van der Waals surface area contributed by atoms with Crippen LogP contribution in [-0.2, 0) is 9.53 Å². The van der Waals surface area contributed by atoms with Crippen LogP contribution in [0.25, 0.3) is 0 Å². The number of carbonyl (C=O) groups excluding carboxylic acids is 1. The van der Waals surface area contributed by atoms with Crippen LogP contribution in [0.4, 0.5) is 15.8 Å². The Kier molecular flexibility index (Phi) is 4.57. The summed E-state index contributed by atoms with van der Waals surface area (Å²) in [5.74, 6) is -0.738. The summed E-state index contributed by atoms with van der Waals surface area (Å²) in [4.78, 5) is 14.3. The van der Waals surface area contributed by atoms with Gasteiger partial charge in [0.1, 0.15) is 5.82 Å². The van der Waals surface area contributed by atoms with Gasteiger partial charge in [0.15, 0.2) is 0 Å². The van der Waals surface area contributed by atoms with Gasteiger partial charge in [-0.3, -0.25) is 9.69 Å². The molecule has 2 unspecified atom stereocenters. The third kappa shape index (κ3) is 3.26. The number of nitrogens with zero attached hydrogens (tertiary/aromatic N) is 1. The van der Waals surface area contributed by atoms with E-state index < -0.39 is 5.82 Å². The van der Waals surface area contributed by atoms with Crippen molar-refractivity contribution in [2.45, 2.75) is 25.9 Å². The predicted molar refractivity (Wildman–Crippen MR) is 75.9 cm³/mol. The molecule has 0 radical (unpaired) electrons. The first-order valence-corrected chi connectivity index (χ1v) is 6.68. The van der Waals surface area contributed by atoms with Crippen molar-refractivity contribution in [3.8, 4) is 0 Å². The molecule has 1 aromatic rings. The molecule has 1 aliphatic heterocycles. The molecule has 0 bridgehead atoms. The SMILES string of the molecule is CC1COCCN1C(C)C(=O)Nc1cc(N)ccc1F. The summed E-state index contributed by atoms with van der Waals surface area (Å²) in [5.41, 5.74) is 6.12. The highest BCUT2D eigenvalue weighted by atomic mass is 19.1. The van der Waals surface area contributed by atoms with Crippen LogP contribution in [0.5, 0.6) is 0 Å². The largest absolute Gasteiger partial charge is 0.399 e. The monoisotopic (exact) mass is 281 g/mol. The first-order valence-electron chi connectivity index (χ1n) is 6.68. The van der Waals surface area contributed by atoms with Crippen molar-refractivity contribution >= 4 is 17.3 Å². The topological polar surface area (TPSA) is 67.6 Å². The fraction of sp³-hybridized carbons (Fsp3) is 0.500. The number of nitrogens with one attached hydrogen (secondary N) is 1. The second-order valence-corrected chi connectivity index (χ2v) is 5.07. The number of carbonyl (C=O) groups is 1. The van der Waals surface area contributed by atoms with E-state index in [2.05, 4.69) is 5.32 Å². The van der Waals surface area contributed by atoms with Gasteiger partial charge in [0, 0.05) is 18.3 Å². The highest BCUT2D eigenvalue weighted by molar-refractivity contribution is 5.95. The van der Waals surface area contributed by atoms with Gasteiger partial charge in [-0.2, -0.15) is 0 Å². The van der Waals surface area contributed by atoms with Crippen LogP contribution in [0, 0.1) is 5.82 Å². The number of halogens is 1. The zero-order valence-corrected chi connectivity index (χ0v) is 11.7. The van der Waals surface area contributed by atoms with Gasteiger partial charge in [-0.1, -0.05) is 0 Å². The van der Waals surface area contributed by atoms with E-state index in [1.165, 1.54) is 18.2 Å². The number of rotatable bonds is 3. The van der Waals surface area contributed by atoms with Crippen molar-refractivity contribution < 1.29 is 13.9 Å². The van der Waals surface area contributed by atoms with Gasteiger partial charge in [0.05, 0.1) is 24.9 Å². The molecular weight excluding hydrogens is 261 g/mol. The summed E-state index contributed by atoms with van der Waals surface area (Å²) in [6.45, 7) is 5.71. The molecule has 0 aromatic heterocycles. The lowest BCUT2D eigenvalue weighted by atomic mass is 10.1. The van der Waals surface area contributed by atoms with E-state index in [4.69, 9.17) is 10.5 Å². The summed E-state index contributed by atoms with van der Waals surface area (Å²) >= 11 is 0. The molecule has 110 valence electrons. The van der Waals surface area contributed by atoms with Crippen molar-refractivity contribution in [1.82, 2.24) is 4.90 Å². The Hall–Kier alpha value is -1.66. The second-order valence-electron chi connectivity index (χ2n) is 5.07. The Balaban J connectivity index is 2.05. The number of nitrogens with two attached hydrogens (primary N) is 1. The number of amides is 1. The molecule has 5 nitrogen and oxygen atoms in total. The molecule has 20 heavy (non-hydrogen) atoms. The summed E-state index contributed by atoms with van der Waals surface area (Å²) < 4.78 is 19.0. The average Bonchev–Trinajstić information content (AvgIpc) is 2.42. The fourth-order valence-electron chi connectivity index (χ4n) is 2.34. The Morgan fingerprint density at radius 2 is 2.35 bits per heavy atom. The van der Waals surface area contributed by atoms with Gasteiger partial charge in [0.25, 0.3) is 0 Å². The molecule has 1 heterocycles. The van der Waals surface area contributed by atoms with E-state index in [9.17, 15) is 9.18 Å². The Morgan fingerprint density at radius 3 is 3.05 bits per heavy atom. The van der Waals surface area contributed by atoms with E-state index in [-0.39, 0.29) is 23.7 Å². The van der Waals surface area contributed by atoms with E-state index in [0.717, 1.165) is 0 Å². The van der Waals surface area contributed by atoms with Crippen LogP contribution in [0.1, 0.15) is 13.8 Å². The molecule has 3 N–H and O–H groups in total. The standard InChI is InChI=1S/C14H20FN3O2/c1-9-8-20-6-5-18(9)10(2)14(19)17-13-7-11(16)3-4-12(13)15/h3-4,7,9-10H,5-6,8,16H2,1-2H3,(H,17,19). The summed E-state index contributed by atoms with van der Waals surface area (Å²) in [6, 6.07) is 3.93. The van der Waals surface area contributed by atoms with Gasteiger partial charge in [-0.25, -0.2) is 4.39 Å². The smallest absolute Gasteiger partial charge is 0.241 e. The average molecular weight is 281 g/mol. The second kappa shape index (κ2) is 6.19. The number of anilines is 2. The molecule has 1 aliphatic rings. The Labute approximate surface area is 117 Å². The van der Waals surface area contributed by atoms with Crippen molar-refractivity contribution in [2.24, 2.45) is 0 Å².